The number of carboxylic acids is 1. The van der Waals surface area contributed by atoms with Gasteiger partial charge in [-0.1, -0.05) is 11.6 Å². The third kappa shape index (κ3) is 3.92. The number of hydrogen-bond donors (Lipinski definition) is 1. The number of nitrogens with zero attached hydrogens (tertiary/aromatic N) is 4. The maximum Gasteiger partial charge on any atom is 0.326 e. The summed E-state index contributed by atoms with van der Waals surface area (Å²) in [7, 11) is -3.98. The van der Waals surface area contributed by atoms with E-state index < -0.39 is 46.1 Å². The fraction of sp³-hybridized carbons (Fsp3) is 0.545. The van der Waals surface area contributed by atoms with Gasteiger partial charge in [0.05, 0.1) is 40.0 Å². The van der Waals surface area contributed by atoms with Crippen molar-refractivity contribution in [3.05, 3.63) is 35.0 Å². The minimum Gasteiger partial charge on any atom is -0.480 e. The van der Waals surface area contributed by atoms with E-state index in [-0.39, 0.29) is 28.9 Å². The summed E-state index contributed by atoms with van der Waals surface area (Å²) >= 11 is 6.30. The third-order valence-corrected chi connectivity index (χ3v) is 9.58. The van der Waals surface area contributed by atoms with Crippen molar-refractivity contribution in [2.45, 2.75) is 60.8 Å². The SMILES string of the molecule is Cc1cc(N2C[C@H](S(=O)(=O)c3ccc(N4CC(F)(F)C4)cc3Cl)C[C@H]2C(=O)O)n(C2CCC2)n1. The van der Waals surface area contributed by atoms with Crippen LogP contribution in [0.5, 0.6) is 0 Å². The Hall–Kier alpha value is -2.40. The minimum atomic E-state index is -3.98. The molecule has 1 aromatic heterocycles. The first kappa shape index (κ1) is 23.3. The number of aromatic nitrogens is 2. The van der Waals surface area contributed by atoms with Gasteiger partial charge in [-0.3, -0.25) is 0 Å². The van der Waals surface area contributed by atoms with Crippen LogP contribution in [0.4, 0.5) is 20.3 Å². The van der Waals surface area contributed by atoms with E-state index in [9.17, 15) is 27.1 Å². The molecule has 1 N–H and O–H groups in total. The van der Waals surface area contributed by atoms with E-state index >= 15 is 0 Å². The second kappa shape index (κ2) is 8.08. The summed E-state index contributed by atoms with van der Waals surface area (Å²) in [5.74, 6) is -3.25. The van der Waals surface area contributed by atoms with Crippen molar-refractivity contribution in [3.8, 4) is 0 Å². The second-order valence-electron chi connectivity index (χ2n) is 9.41. The molecule has 1 saturated carbocycles. The number of rotatable bonds is 6. The van der Waals surface area contributed by atoms with E-state index in [2.05, 4.69) is 5.10 Å². The molecule has 0 spiro atoms. The van der Waals surface area contributed by atoms with E-state index in [1.807, 2.05) is 11.6 Å². The molecule has 3 aliphatic rings. The lowest BCUT2D eigenvalue weighted by molar-refractivity contribution is -0.138. The van der Waals surface area contributed by atoms with Crippen molar-refractivity contribution in [1.82, 2.24) is 9.78 Å². The molecule has 0 radical (unpaired) electrons. The van der Waals surface area contributed by atoms with Crippen molar-refractivity contribution in [1.29, 1.82) is 0 Å². The number of halogens is 3. The highest BCUT2D eigenvalue weighted by Gasteiger charge is 2.46. The van der Waals surface area contributed by atoms with Crippen molar-refractivity contribution in [2.75, 3.05) is 29.4 Å². The summed E-state index contributed by atoms with van der Waals surface area (Å²) in [5.41, 5.74) is 1.17. The molecule has 0 amide bonds. The summed E-state index contributed by atoms with van der Waals surface area (Å²) in [4.78, 5) is 15.0. The van der Waals surface area contributed by atoms with Crippen LogP contribution in [-0.4, -0.2) is 66.1 Å². The number of carboxylic acid groups (broad SMARTS) is 1. The molecule has 3 fully saturated rings. The van der Waals surface area contributed by atoms with Crippen molar-refractivity contribution < 1.29 is 27.1 Å². The lowest BCUT2D eigenvalue weighted by Crippen LogP contribution is -2.56. The number of benzene rings is 1. The van der Waals surface area contributed by atoms with E-state index in [0.717, 1.165) is 25.0 Å². The Labute approximate surface area is 201 Å². The number of sulfone groups is 1. The lowest BCUT2D eigenvalue weighted by atomic mass is 9.93. The fourth-order valence-corrected chi connectivity index (χ4v) is 7.16. The van der Waals surface area contributed by atoms with Crippen LogP contribution in [0.3, 0.4) is 0 Å². The molecule has 1 aliphatic carbocycles. The van der Waals surface area contributed by atoms with Crippen LogP contribution < -0.4 is 9.80 Å². The summed E-state index contributed by atoms with van der Waals surface area (Å²) in [6, 6.07) is 5.13. The number of hydrogen-bond acceptors (Lipinski definition) is 6. The molecule has 12 heteroatoms. The summed E-state index contributed by atoms with van der Waals surface area (Å²) in [6.45, 7) is 0.935. The van der Waals surface area contributed by atoms with Crippen molar-refractivity contribution >= 4 is 38.9 Å². The zero-order valence-corrected chi connectivity index (χ0v) is 20.1. The predicted molar refractivity (Wildman–Crippen MR) is 123 cm³/mol. The van der Waals surface area contributed by atoms with Gasteiger partial charge in [-0.05, 0) is 50.8 Å². The van der Waals surface area contributed by atoms with Gasteiger partial charge in [-0.25, -0.2) is 26.7 Å². The van der Waals surface area contributed by atoms with Gasteiger partial charge in [0.15, 0.2) is 9.84 Å². The number of anilines is 2. The number of aliphatic carboxylic acids is 1. The van der Waals surface area contributed by atoms with Gasteiger partial charge in [0.1, 0.15) is 11.9 Å². The largest absolute Gasteiger partial charge is 0.480 e. The van der Waals surface area contributed by atoms with Gasteiger partial charge in [0, 0.05) is 18.3 Å². The molecule has 34 heavy (non-hydrogen) atoms. The molecule has 0 unspecified atom stereocenters. The summed E-state index contributed by atoms with van der Waals surface area (Å²) in [5, 5.41) is 13.4. The molecule has 8 nitrogen and oxygen atoms in total. The first-order valence-corrected chi connectivity index (χ1v) is 13.1. The highest BCUT2D eigenvalue weighted by Crippen LogP contribution is 2.40. The smallest absolute Gasteiger partial charge is 0.326 e. The fourth-order valence-electron chi connectivity index (χ4n) is 4.92. The van der Waals surface area contributed by atoms with Gasteiger partial charge in [-0.2, -0.15) is 5.10 Å². The summed E-state index contributed by atoms with van der Waals surface area (Å²) < 4.78 is 55.2. The van der Waals surface area contributed by atoms with Crippen molar-refractivity contribution in [2.24, 2.45) is 0 Å². The molecule has 2 saturated heterocycles. The Kier molecular flexibility index (Phi) is 5.55. The minimum absolute atomic E-state index is 0.00637. The Morgan fingerprint density at radius 3 is 2.50 bits per heavy atom. The van der Waals surface area contributed by atoms with Gasteiger partial charge in [0.25, 0.3) is 5.92 Å². The quantitative estimate of drug-likeness (QED) is 0.630. The van der Waals surface area contributed by atoms with Crippen LogP contribution in [0.1, 0.15) is 37.4 Å². The first-order chi connectivity index (χ1) is 16.0. The monoisotopic (exact) mass is 514 g/mol. The molecular weight excluding hydrogens is 490 g/mol. The predicted octanol–water partition coefficient (Wildman–Crippen LogP) is 3.53. The zero-order valence-electron chi connectivity index (χ0n) is 18.5. The second-order valence-corrected chi connectivity index (χ2v) is 12.0. The molecule has 2 atom stereocenters. The Morgan fingerprint density at radius 2 is 1.94 bits per heavy atom. The van der Waals surface area contributed by atoms with Crippen LogP contribution in [0.2, 0.25) is 5.02 Å². The Balaban J connectivity index is 1.42. The molecule has 3 heterocycles. The van der Waals surface area contributed by atoms with Crippen LogP contribution >= 0.6 is 11.6 Å². The molecule has 1 aromatic carbocycles. The Bertz CT molecular complexity index is 1240. The third-order valence-electron chi connectivity index (χ3n) is 6.97. The van der Waals surface area contributed by atoms with E-state index in [1.54, 1.807) is 11.0 Å². The van der Waals surface area contributed by atoms with Crippen molar-refractivity contribution in [3.63, 3.8) is 0 Å². The highest BCUT2D eigenvalue weighted by molar-refractivity contribution is 7.92. The molecule has 5 rings (SSSR count). The molecular formula is C22H25ClF2N4O4S. The van der Waals surface area contributed by atoms with Crippen LogP contribution in [0, 0.1) is 6.92 Å². The van der Waals surface area contributed by atoms with Crippen LogP contribution in [0.25, 0.3) is 0 Å². The molecule has 184 valence electrons. The molecule has 0 bridgehead atoms. The highest BCUT2D eigenvalue weighted by atomic mass is 35.5. The average molecular weight is 515 g/mol. The topological polar surface area (TPSA) is 95.7 Å². The Morgan fingerprint density at radius 1 is 1.24 bits per heavy atom. The van der Waals surface area contributed by atoms with Gasteiger partial charge in [-0.15, -0.1) is 0 Å². The van der Waals surface area contributed by atoms with Gasteiger partial charge < -0.3 is 14.9 Å². The standard InChI is InChI=1S/C22H25ClF2N4O4S/c1-13-7-20(29(26-13)14-3-2-4-14)28-10-16(9-18(28)21(30)31)34(32,33)19-6-5-15(8-17(19)23)27-11-22(24,25)12-27/h5-8,14,16,18H,2-4,9-12H2,1H3,(H,30,31)/t16-,18+/m1/s1. The number of aryl methyl sites for hydroxylation is 1. The normalized spacial score (nSPS) is 24.7. The maximum absolute atomic E-state index is 13.5. The number of alkyl halides is 2. The maximum atomic E-state index is 13.5. The number of carbonyl (C=O) groups is 1. The zero-order chi connectivity index (χ0) is 24.4. The van der Waals surface area contributed by atoms with Gasteiger partial charge in [0.2, 0.25) is 0 Å². The first-order valence-electron chi connectivity index (χ1n) is 11.2. The van der Waals surface area contributed by atoms with E-state index in [4.69, 9.17) is 11.6 Å². The van der Waals surface area contributed by atoms with E-state index in [0.29, 0.717) is 11.5 Å². The molecule has 2 aromatic rings. The summed E-state index contributed by atoms with van der Waals surface area (Å²) in [6.07, 6.45) is 2.88. The lowest BCUT2D eigenvalue weighted by Gasteiger charge is -2.40. The van der Waals surface area contributed by atoms with Gasteiger partial charge >= 0.3 is 5.97 Å². The van der Waals surface area contributed by atoms with Crippen LogP contribution in [0.15, 0.2) is 29.2 Å². The average Bonchev–Trinajstić information content (AvgIpc) is 3.29. The van der Waals surface area contributed by atoms with E-state index in [1.165, 1.54) is 23.1 Å². The van der Waals surface area contributed by atoms with Crippen LogP contribution in [-0.2, 0) is 14.6 Å². The molecule has 2 aliphatic heterocycles.